The van der Waals surface area contributed by atoms with Gasteiger partial charge in [-0.25, -0.2) is 4.39 Å². The molecule has 26 heavy (non-hydrogen) atoms. The normalized spacial score (nSPS) is 10.2. The predicted molar refractivity (Wildman–Crippen MR) is 101 cm³/mol. The number of ether oxygens (including phenoxy) is 1. The van der Waals surface area contributed by atoms with Crippen molar-refractivity contribution in [2.24, 2.45) is 0 Å². The summed E-state index contributed by atoms with van der Waals surface area (Å²) in [5.41, 5.74) is 0.691. The van der Waals surface area contributed by atoms with Crippen LogP contribution in [0.2, 0.25) is 5.02 Å². The standard InChI is InChI=1S/C20H16ClFN2O2/c21-14-10-11-16(22)18(12-14)23-13-20(25)24-17-8-4-5-9-19(17)26-15-6-2-1-3-7-15/h1-12,23H,13H2,(H,24,25). The molecule has 3 aromatic carbocycles. The highest BCUT2D eigenvalue weighted by molar-refractivity contribution is 6.30. The third-order valence-electron chi connectivity index (χ3n) is 3.50. The summed E-state index contributed by atoms with van der Waals surface area (Å²) in [6.07, 6.45) is 0. The number of anilines is 2. The van der Waals surface area contributed by atoms with Crippen LogP contribution in [0, 0.1) is 5.82 Å². The van der Waals surface area contributed by atoms with E-state index in [0.717, 1.165) is 0 Å². The number of amides is 1. The highest BCUT2D eigenvalue weighted by Crippen LogP contribution is 2.29. The van der Waals surface area contributed by atoms with Crippen LogP contribution in [0.15, 0.2) is 72.8 Å². The minimum absolute atomic E-state index is 0.114. The van der Waals surface area contributed by atoms with Crippen LogP contribution >= 0.6 is 11.6 Å². The average Bonchev–Trinajstić information content (AvgIpc) is 2.65. The van der Waals surface area contributed by atoms with Crippen LogP contribution in [0.5, 0.6) is 11.5 Å². The van der Waals surface area contributed by atoms with E-state index in [1.54, 1.807) is 18.2 Å². The maximum absolute atomic E-state index is 13.7. The van der Waals surface area contributed by atoms with E-state index in [-0.39, 0.29) is 18.1 Å². The zero-order valence-electron chi connectivity index (χ0n) is 13.7. The fourth-order valence-electron chi connectivity index (χ4n) is 2.28. The van der Waals surface area contributed by atoms with Crippen molar-refractivity contribution in [2.45, 2.75) is 0 Å². The predicted octanol–water partition coefficient (Wildman–Crippen LogP) is 5.32. The number of hydrogen-bond acceptors (Lipinski definition) is 3. The van der Waals surface area contributed by atoms with Gasteiger partial charge >= 0.3 is 0 Å². The monoisotopic (exact) mass is 370 g/mol. The van der Waals surface area contributed by atoms with Crippen molar-refractivity contribution >= 4 is 28.9 Å². The van der Waals surface area contributed by atoms with E-state index in [2.05, 4.69) is 10.6 Å². The summed E-state index contributed by atoms with van der Waals surface area (Å²) in [5, 5.41) is 5.87. The number of benzene rings is 3. The summed E-state index contributed by atoms with van der Waals surface area (Å²) in [6.45, 7) is -0.114. The van der Waals surface area contributed by atoms with Crippen molar-refractivity contribution in [3.63, 3.8) is 0 Å². The fourth-order valence-corrected chi connectivity index (χ4v) is 2.45. The van der Waals surface area contributed by atoms with Crippen LogP contribution in [0.4, 0.5) is 15.8 Å². The first-order chi connectivity index (χ1) is 12.6. The molecule has 0 bridgehead atoms. The van der Waals surface area contributed by atoms with Gasteiger partial charge in [0.1, 0.15) is 11.6 Å². The summed E-state index contributed by atoms with van der Waals surface area (Å²) in [6, 6.07) is 20.5. The lowest BCUT2D eigenvalue weighted by atomic mass is 10.2. The molecule has 4 nitrogen and oxygen atoms in total. The Morgan fingerprint density at radius 3 is 2.50 bits per heavy atom. The first-order valence-electron chi connectivity index (χ1n) is 7.92. The zero-order chi connectivity index (χ0) is 18.4. The molecule has 1 amide bonds. The van der Waals surface area contributed by atoms with Crippen LogP contribution in [-0.2, 0) is 4.79 Å². The van der Waals surface area contributed by atoms with Crippen LogP contribution < -0.4 is 15.4 Å². The number of para-hydroxylation sites is 3. The van der Waals surface area contributed by atoms with E-state index in [0.29, 0.717) is 22.2 Å². The maximum Gasteiger partial charge on any atom is 0.243 e. The number of nitrogens with one attached hydrogen (secondary N) is 2. The molecule has 0 radical (unpaired) electrons. The minimum atomic E-state index is -0.477. The molecule has 6 heteroatoms. The quantitative estimate of drug-likeness (QED) is 0.617. The Labute approximate surface area is 155 Å². The fraction of sp³-hybridized carbons (Fsp3) is 0.0500. The first kappa shape index (κ1) is 17.8. The van der Waals surface area contributed by atoms with Gasteiger partial charge in [-0.1, -0.05) is 41.9 Å². The molecule has 0 fully saturated rings. The lowest BCUT2D eigenvalue weighted by molar-refractivity contribution is -0.114. The van der Waals surface area contributed by atoms with Crippen molar-refractivity contribution in [3.8, 4) is 11.5 Å². The van der Waals surface area contributed by atoms with Crippen molar-refractivity contribution in [2.75, 3.05) is 17.2 Å². The second-order valence-electron chi connectivity index (χ2n) is 5.44. The van der Waals surface area contributed by atoms with Crippen LogP contribution in [0.25, 0.3) is 0 Å². The van der Waals surface area contributed by atoms with Gasteiger partial charge in [-0.15, -0.1) is 0 Å². The number of halogens is 2. The van der Waals surface area contributed by atoms with Crippen molar-refractivity contribution < 1.29 is 13.9 Å². The zero-order valence-corrected chi connectivity index (χ0v) is 14.5. The molecule has 3 aromatic rings. The van der Waals surface area contributed by atoms with Gasteiger partial charge in [-0.3, -0.25) is 4.79 Å². The van der Waals surface area contributed by atoms with Crippen LogP contribution in [0.1, 0.15) is 0 Å². The molecule has 2 N–H and O–H groups in total. The molecule has 0 unspecified atom stereocenters. The van der Waals surface area contributed by atoms with Gasteiger partial charge in [0, 0.05) is 5.02 Å². The van der Waals surface area contributed by atoms with Gasteiger partial charge in [0.25, 0.3) is 0 Å². The highest BCUT2D eigenvalue weighted by Gasteiger charge is 2.10. The topological polar surface area (TPSA) is 50.4 Å². The first-order valence-corrected chi connectivity index (χ1v) is 8.30. The van der Waals surface area contributed by atoms with E-state index in [1.807, 2.05) is 36.4 Å². The molecule has 0 aliphatic rings. The van der Waals surface area contributed by atoms with Gasteiger partial charge in [-0.05, 0) is 42.5 Å². The highest BCUT2D eigenvalue weighted by atomic mass is 35.5. The van der Waals surface area contributed by atoms with Crippen molar-refractivity contribution in [1.29, 1.82) is 0 Å². The molecule has 0 spiro atoms. The van der Waals surface area contributed by atoms with Crippen molar-refractivity contribution in [3.05, 3.63) is 83.6 Å². The Morgan fingerprint density at radius 2 is 1.69 bits per heavy atom. The Morgan fingerprint density at radius 1 is 0.962 bits per heavy atom. The van der Waals surface area contributed by atoms with E-state index in [9.17, 15) is 9.18 Å². The lowest BCUT2D eigenvalue weighted by Crippen LogP contribution is -2.22. The Kier molecular flexibility index (Phi) is 5.71. The van der Waals surface area contributed by atoms with E-state index in [4.69, 9.17) is 16.3 Å². The average molecular weight is 371 g/mol. The smallest absolute Gasteiger partial charge is 0.243 e. The van der Waals surface area contributed by atoms with E-state index >= 15 is 0 Å². The largest absolute Gasteiger partial charge is 0.455 e. The molecule has 132 valence electrons. The molecule has 0 aromatic heterocycles. The molecule has 0 aliphatic carbocycles. The SMILES string of the molecule is O=C(CNc1cc(Cl)ccc1F)Nc1ccccc1Oc1ccccc1. The molecular formula is C20H16ClFN2O2. The summed E-state index contributed by atoms with van der Waals surface area (Å²) in [5.74, 6) is 0.359. The second kappa shape index (κ2) is 8.36. The number of rotatable bonds is 6. The van der Waals surface area contributed by atoms with Crippen LogP contribution in [0.3, 0.4) is 0 Å². The van der Waals surface area contributed by atoms with Gasteiger partial charge in [-0.2, -0.15) is 0 Å². The Balaban J connectivity index is 1.65. The Bertz CT molecular complexity index is 903. The second-order valence-corrected chi connectivity index (χ2v) is 5.87. The Hall–Kier alpha value is -3.05. The summed E-state index contributed by atoms with van der Waals surface area (Å²) in [4.78, 5) is 12.2. The third-order valence-corrected chi connectivity index (χ3v) is 3.74. The minimum Gasteiger partial charge on any atom is -0.455 e. The van der Waals surface area contributed by atoms with Gasteiger partial charge < -0.3 is 15.4 Å². The number of carbonyl (C=O) groups excluding carboxylic acids is 1. The van der Waals surface area contributed by atoms with Gasteiger partial charge in [0.05, 0.1) is 17.9 Å². The number of carbonyl (C=O) groups is 1. The summed E-state index contributed by atoms with van der Waals surface area (Å²) in [7, 11) is 0. The number of hydrogen-bond donors (Lipinski definition) is 2. The van der Waals surface area contributed by atoms with Crippen LogP contribution in [-0.4, -0.2) is 12.5 Å². The third kappa shape index (κ3) is 4.74. The molecule has 0 heterocycles. The molecule has 0 aliphatic heterocycles. The molecule has 0 atom stereocenters. The molecular weight excluding hydrogens is 355 g/mol. The molecule has 0 saturated carbocycles. The maximum atomic E-state index is 13.7. The summed E-state index contributed by atoms with van der Waals surface area (Å²) >= 11 is 5.84. The van der Waals surface area contributed by atoms with E-state index < -0.39 is 5.82 Å². The lowest BCUT2D eigenvalue weighted by Gasteiger charge is -2.13. The van der Waals surface area contributed by atoms with Gasteiger partial charge in [0.15, 0.2) is 5.75 Å². The molecule has 3 rings (SSSR count). The van der Waals surface area contributed by atoms with Gasteiger partial charge in [0.2, 0.25) is 5.91 Å². The van der Waals surface area contributed by atoms with Crippen molar-refractivity contribution in [1.82, 2.24) is 0 Å². The van der Waals surface area contributed by atoms with E-state index in [1.165, 1.54) is 18.2 Å². The molecule has 0 saturated heterocycles. The summed E-state index contributed by atoms with van der Waals surface area (Å²) < 4.78 is 19.5.